The van der Waals surface area contributed by atoms with E-state index in [-0.39, 0.29) is 0 Å². The monoisotopic (exact) mass is 280 g/mol. The SMILES string of the molecule is Cc1cccc2nc(CCl)n(CC3CCSC3)c12. The molecule has 1 saturated heterocycles. The van der Waals surface area contributed by atoms with Crippen LogP contribution in [-0.4, -0.2) is 21.1 Å². The third-order valence-corrected chi connectivity index (χ3v) is 5.10. The maximum absolute atomic E-state index is 6.05. The van der Waals surface area contributed by atoms with Gasteiger partial charge in [-0.25, -0.2) is 4.98 Å². The molecule has 1 fully saturated rings. The van der Waals surface area contributed by atoms with Gasteiger partial charge in [0.1, 0.15) is 5.82 Å². The van der Waals surface area contributed by atoms with E-state index in [4.69, 9.17) is 11.6 Å². The van der Waals surface area contributed by atoms with Crippen molar-refractivity contribution >= 4 is 34.4 Å². The number of thioether (sulfide) groups is 1. The van der Waals surface area contributed by atoms with Crippen LogP contribution in [0.15, 0.2) is 18.2 Å². The van der Waals surface area contributed by atoms with E-state index in [1.807, 2.05) is 0 Å². The van der Waals surface area contributed by atoms with Crippen molar-refractivity contribution in [3.63, 3.8) is 0 Å². The minimum absolute atomic E-state index is 0.494. The van der Waals surface area contributed by atoms with Gasteiger partial charge in [0.05, 0.1) is 16.9 Å². The fourth-order valence-corrected chi connectivity index (χ4v) is 4.17. The second kappa shape index (κ2) is 5.14. The standard InChI is InChI=1S/C14H17ClN2S/c1-10-3-2-4-12-14(10)17(13(7-15)16-12)8-11-5-6-18-9-11/h2-4,11H,5-9H2,1H3. The molecule has 18 heavy (non-hydrogen) atoms. The highest BCUT2D eigenvalue weighted by Crippen LogP contribution is 2.28. The fraction of sp³-hybridized carbons (Fsp3) is 0.500. The van der Waals surface area contributed by atoms with Gasteiger partial charge in [0.25, 0.3) is 0 Å². The summed E-state index contributed by atoms with van der Waals surface area (Å²) in [6.45, 7) is 3.22. The minimum atomic E-state index is 0.494. The average molecular weight is 281 g/mol. The molecule has 0 radical (unpaired) electrons. The summed E-state index contributed by atoms with van der Waals surface area (Å²) in [5, 5.41) is 0. The van der Waals surface area contributed by atoms with E-state index >= 15 is 0 Å². The van der Waals surface area contributed by atoms with Gasteiger partial charge in [0, 0.05) is 6.54 Å². The van der Waals surface area contributed by atoms with Crippen molar-refractivity contribution < 1.29 is 0 Å². The van der Waals surface area contributed by atoms with Crippen LogP contribution in [0.1, 0.15) is 17.8 Å². The molecule has 1 atom stereocenters. The van der Waals surface area contributed by atoms with Crippen molar-refractivity contribution in [1.82, 2.24) is 9.55 Å². The van der Waals surface area contributed by atoms with Crippen LogP contribution < -0.4 is 0 Å². The lowest BCUT2D eigenvalue weighted by Gasteiger charge is -2.13. The predicted octanol–water partition coefficient (Wildman–Crippen LogP) is 3.84. The van der Waals surface area contributed by atoms with Gasteiger partial charge in [-0.1, -0.05) is 12.1 Å². The molecular formula is C14H17ClN2S. The van der Waals surface area contributed by atoms with Gasteiger partial charge in [0.2, 0.25) is 0 Å². The number of rotatable bonds is 3. The van der Waals surface area contributed by atoms with Gasteiger partial charge >= 0.3 is 0 Å². The molecule has 2 nitrogen and oxygen atoms in total. The van der Waals surface area contributed by atoms with Gasteiger partial charge in [0.15, 0.2) is 0 Å². The summed E-state index contributed by atoms with van der Waals surface area (Å²) in [7, 11) is 0. The molecule has 1 unspecified atom stereocenters. The van der Waals surface area contributed by atoms with E-state index in [2.05, 4.69) is 46.4 Å². The number of halogens is 1. The Morgan fingerprint density at radius 2 is 2.39 bits per heavy atom. The number of benzene rings is 1. The van der Waals surface area contributed by atoms with Crippen LogP contribution in [0.2, 0.25) is 0 Å². The lowest BCUT2D eigenvalue weighted by atomic mass is 10.1. The van der Waals surface area contributed by atoms with Gasteiger partial charge in [-0.3, -0.25) is 0 Å². The van der Waals surface area contributed by atoms with Crippen molar-refractivity contribution in [2.24, 2.45) is 5.92 Å². The number of para-hydroxylation sites is 1. The lowest BCUT2D eigenvalue weighted by molar-refractivity contribution is 0.492. The predicted molar refractivity (Wildman–Crippen MR) is 79.5 cm³/mol. The fourth-order valence-electron chi connectivity index (χ4n) is 2.70. The molecule has 0 saturated carbocycles. The number of hydrogen-bond acceptors (Lipinski definition) is 2. The van der Waals surface area contributed by atoms with Gasteiger partial charge in [-0.15, -0.1) is 11.6 Å². The van der Waals surface area contributed by atoms with E-state index in [1.54, 1.807) is 0 Å². The van der Waals surface area contributed by atoms with Gasteiger partial charge in [-0.2, -0.15) is 11.8 Å². The van der Waals surface area contributed by atoms with Gasteiger partial charge < -0.3 is 4.57 Å². The van der Waals surface area contributed by atoms with E-state index in [1.165, 1.54) is 29.0 Å². The van der Waals surface area contributed by atoms with Crippen molar-refractivity contribution in [3.05, 3.63) is 29.6 Å². The molecule has 0 spiro atoms. The van der Waals surface area contributed by atoms with Crippen molar-refractivity contribution in [2.75, 3.05) is 11.5 Å². The second-order valence-electron chi connectivity index (χ2n) is 4.94. The van der Waals surface area contributed by atoms with Crippen LogP contribution in [-0.2, 0) is 12.4 Å². The Morgan fingerprint density at radius 1 is 1.50 bits per heavy atom. The average Bonchev–Trinajstić information content (AvgIpc) is 2.98. The lowest BCUT2D eigenvalue weighted by Crippen LogP contribution is -2.12. The topological polar surface area (TPSA) is 17.8 Å². The van der Waals surface area contributed by atoms with Crippen LogP contribution in [0, 0.1) is 12.8 Å². The molecule has 2 heterocycles. The number of alkyl halides is 1. The molecule has 1 aliphatic heterocycles. The first-order chi connectivity index (χ1) is 8.79. The first-order valence-corrected chi connectivity index (χ1v) is 8.07. The summed E-state index contributed by atoms with van der Waals surface area (Å²) >= 11 is 8.11. The number of aryl methyl sites for hydroxylation is 1. The number of nitrogens with zero attached hydrogens (tertiary/aromatic N) is 2. The first-order valence-electron chi connectivity index (χ1n) is 6.38. The number of aromatic nitrogens is 2. The van der Waals surface area contributed by atoms with E-state index < -0.39 is 0 Å². The Morgan fingerprint density at radius 3 is 3.11 bits per heavy atom. The van der Waals surface area contributed by atoms with E-state index in [0.717, 1.165) is 23.8 Å². The Bertz CT molecular complexity index is 558. The Balaban J connectivity index is 2.06. The molecule has 0 bridgehead atoms. The Kier molecular flexibility index (Phi) is 3.53. The summed E-state index contributed by atoms with van der Waals surface area (Å²) in [5.74, 6) is 4.85. The summed E-state index contributed by atoms with van der Waals surface area (Å²) in [5.41, 5.74) is 3.64. The summed E-state index contributed by atoms with van der Waals surface area (Å²) in [6.07, 6.45) is 1.32. The molecule has 1 aliphatic rings. The van der Waals surface area contributed by atoms with Crippen LogP contribution in [0.3, 0.4) is 0 Å². The maximum atomic E-state index is 6.05. The van der Waals surface area contributed by atoms with Gasteiger partial charge in [-0.05, 0) is 42.4 Å². The molecule has 0 N–H and O–H groups in total. The number of fused-ring (bicyclic) bond motifs is 1. The van der Waals surface area contributed by atoms with Crippen molar-refractivity contribution in [1.29, 1.82) is 0 Å². The number of hydrogen-bond donors (Lipinski definition) is 0. The Hall–Kier alpha value is -0.670. The highest BCUT2D eigenvalue weighted by molar-refractivity contribution is 7.99. The van der Waals surface area contributed by atoms with Crippen LogP contribution in [0.4, 0.5) is 0 Å². The zero-order chi connectivity index (χ0) is 12.5. The molecule has 4 heteroatoms. The molecule has 0 aliphatic carbocycles. The Labute approximate surface area is 117 Å². The highest BCUT2D eigenvalue weighted by atomic mass is 35.5. The zero-order valence-electron chi connectivity index (χ0n) is 10.5. The summed E-state index contributed by atoms with van der Waals surface area (Å²) < 4.78 is 2.34. The van der Waals surface area contributed by atoms with Crippen LogP contribution in [0.25, 0.3) is 11.0 Å². The van der Waals surface area contributed by atoms with Crippen molar-refractivity contribution in [3.8, 4) is 0 Å². The molecule has 3 rings (SSSR count). The zero-order valence-corrected chi connectivity index (χ0v) is 12.1. The largest absolute Gasteiger partial charge is 0.326 e. The van der Waals surface area contributed by atoms with Crippen molar-refractivity contribution in [2.45, 2.75) is 25.8 Å². The van der Waals surface area contributed by atoms with Crippen LogP contribution in [0.5, 0.6) is 0 Å². The molecule has 0 amide bonds. The molecular weight excluding hydrogens is 264 g/mol. The maximum Gasteiger partial charge on any atom is 0.124 e. The van der Waals surface area contributed by atoms with E-state index in [9.17, 15) is 0 Å². The third-order valence-electron chi connectivity index (χ3n) is 3.63. The minimum Gasteiger partial charge on any atom is -0.326 e. The first kappa shape index (κ1) is 12.4. The molecule has 1 aromatic carbocycles. The normalized spacial score (nSPS) is 19.8. The summed E-state index contributed by atoms with van der Waals surface area (Å²) in [4.78, 5) is 4.66. The quantitative estimate of drug-likeness (QED) is 0.795. The van der Waals surface area contributed by atoms with Crippen LogP contribution >= 0.6 is 23.4 Å². The second-order valence-corrected chi connectivity index (χ2v) is 6.36. The third kappa shape index (κ3) is 2.14. The number of imidazole rings is 1. The highest BCUT2D eigenvalue weighted by Gasteiger charge is 2.19. The molecule has 1 aromatic heterocycles. The molecule has 2 aromatic rings. The summed E-state index contributed by atoms with van der Waals surface area (Å²) in [6, 6.07) is 6.30. The smallest absolute Gasteiger partial charge is 0.124 e. The molecule has 96 valence electrons. The van der Waals surface area contributed by atoms with E-state index in [0.29, 0.717) is 5.88 Å².